The van der Waals surface area contributed by atoms with Gasteiger partial charge in [0, 0.05) is 19.2 Å². The molecular formula is C8H11IN6O2. The van der Waals surface area contributed by atoms with Gasteiger partial charge in [-0.3, -0.25) is 15.7 Å². The number of nitrogen functional groups attached to an aromatic ring is 1. The van der Waals surface area contributed by atoms with Gasteiger partial charge >= 0.3 is 11.7 Å². The van der Waals surface area contributed by atoms with Crippen molar-refractivity contribution in [2.75, 3.05) is 12.3 Å². The summed E-state index contributed by atoms with van der Waals surface area (Å²) in [7, 11) is 0. The Hall–Kier alpha value is -1.65. The monoisotopic (exact) mass is 350 g/mol. The summed E-state index contributed by atoms with van der Waals surface area (Å²) < 4.78 is 0.757. The third-order valence-electron chi connectivity index (χ3n) is 1.72. The number of halogens is 1. The van der Waals surface area contributed by atoms with Crippen LogP contribution in [-0.2, 0) is 0 Å². The lowest BCUT2D eigenvalue weighted by molar-refractivity contribution is 0.243. The molecule has 0 bridgehead atoms. The molecule has 2 amide bonds. The molecule has 0 atom stereocenters. The number of hydrogen-bond acceptors (Lipinski definition) is 5. The number of H-pyrrole nitrogens is 1. The number of hydrogen-bond donors (Lipinski definition) is 5. The number of aromatic nitrogens is 2. The fourth-order valence-electron chi connectivity index (χ4n) is 0.937. The third-order valence-corrected chi connectivity index (χ3v) is 2.58. The average Bonchev–Trinajstić information content (AvgIpc) is 2.24. The zero-order chi connectivity index (χ0) is 12.8. The Morgan fingerprint density at radius 1 is 1.47 bits per heavy atom. The van der Waals surface area contributed by atoms with Crippen molar-refractivity contribution >= 4 is 40.3 Å². The van der Waals surface area contributed by atoms with Crippen LogP contribution in [0.2, 0.25) is 0 Å². The van der Waals surface area contributed by atoms with Gasteiger partial charge in [-0.15, -0.1) is 0 Å². The van der Waals surface area contributed by atoms with Gasteiger partial charge in [-0.25, -0.2) is 14.6 Å². The molecule has 17 heavy (non-hydrogen) atoms. The first kappa shape index (κ1) is 13.4. The zero-order valence-corrected chi connectivity index (χ0v) is 10.9. The minimum atomic E-state index is -0.409. The number of nitrogens with zero attached hydrogens (tertiary/aromatic N) is 1. The quantitative estimate of drug-likeness (QED) is 0.408. The lowest BCUT2D eigenvalue weighted by atomic mass is 10.3. The number of anilines is 1. The largest absolute Gasteiger partial charge is 0.384 e. The molecule has 1 saturated heterocycles. The van der Waals surface area contributed by atoms with Crippen LogP contribution in [0.3, 0.4) is 0 Å². The van der Waals surface area contributed by atoms with Crippen molar-refractivity contribution in [1.29, 1.82) is 5.41 Å². The Morgan fingerprint density at radius 3 is 2.59 bits per heavy atom. The molecule has 9 heteroatoms. The van der Waals surface area contributed by atoms with Crippen LogP contribution in [0.5, 0.6) is 0 Å². The van der Waals surface area contributed by atoms with Gasteiger partial charge < -0.3 is 11.1 Å². The van der Waals surface area contributed by atoms with E-state index in [4.69, 9.17) is 11.1 Å². The Bertz CT molecular complexity index is 471. The van der Waals surface area contributed by atoms with Crippen LogP contribution in [0, 0.1) is 8.98 Å². The van der Waals surface area contributed by atoms with Gasteiger partial charge in [-0.1, -0.05) is 0 Å². The maximum Gasteiger partial charge on any atom is 0.346 e. The van der Waals surface area contributed by atoms with Crippen LogP contribution in [0.1, 0.15) is 6.42 Å². The Labute approximate surface area is 110 Å². The number of carbonyl (C=O) groups is 1. The Morgan fingerprint density at radius 2 is 2.18 bits per heavy atom. The highest BCUT2D eigenvalue weighted by Gasteiger charge is 2.08. The molecular weight excluding hydrogens is 339 g/mol. The van der Waals surface area contributed by atoms with E-state index in [1.54, 1.807) is 0 Å². The van der Waals surface area contributed by atoms with Crippen molar-refractivity contribution in [3.8, 4) is 0 Å². The van der Waals surface area contributed by atoms with Crippen molar-refractivity contribution in [3.63, 3.8) is 0 Å². The Balaban J connectivity index is 0.000000171. The number of carbonyl (C=O) groups excluding carboxylic acids is 1. The standard InChI is InChI=1S/C4H4IN3O.C4H7N3O/c5-2-1-7-4(9)8-3(2)6;5-3-1-2-6-4(8)7-3/h1H,(H3,6,7,8,9);1-2H2,(H3,5,6,7,8). The normalized spacial score (nSPS) is 14.2. The molecule has 6 N–H and O–H groups in total. The lowest BCUT2D eigenvalue weighted by Crippen LogP contribution is -2.45. The molecule has 8 nitrogen and oxygen atoms in total. The second-order valence-electron chi connectivity index (χ2n) is 3.06. The predicted molar refractivity (Wildman–Crippen MR) is 70.9 cm³/mol. The molecule has 0 saturated carbocycles. The second-order valence-corrected chi connectivity index (χ2v) is 4.22. The molecule has 0 aromatic carbocycles. The second kappa shape index (κ2) is 6.18. The molecule has 1 aromatic heterocycles. The molecule has 2 heterocycles. The van der Waals surface area contributed by atoms with Crippen LogP contribution in [0.25, 0.3) is 0 Å². The molecule has 1 fully saturated rings. The first-order valence-corrected chi connectivity index (χ1v) is 5.69. The highest BCUT2D eigenvalue weighted by molar-refractivity contribution is 14.1. The number of nitrogens with one attached hydrogen (secondary N) is 4. The summed E-state index contributed by atoms with van der Waals surface area (Å²) in [6.07, 6.45) is 2.04. The van der Waals surface area contributed by atoms with E-state index in [1.807, 2.05) is 22.6 Å². The van der Waals surface area contributed by atoms with Gasteiger partial charge in [-0.2, -0.15) is 0 Å². The fraction of sp³-hybridized carbons (Fsp3) is 0.250. The van der Waals surface area contributed by atoms with E-state index >= 15 is 0 Å². The number of nitrogens with two attached hydrogens (primary N) is 1. The summed E-state index contributed by atoms with van der Waals surface area (Å²) in [4.78, 5) is 26.5. The van der Waals surface area contributed by atoms with E-state index in [0.29, 0.717) is 24.6 Å². The third kappa shape index (κ3) is 4.80. The summed E-state index contributed by atoms with van der Waals surface area (Å²) in [5, 5.41) is 11.8. The molecule has 92 valence electrons. The van der Waals surface area contributed by atoms with Crippen molar-refractivity contribution in [2.45, 2.75) is 6.42 Å². The SMILES string of the molecule is N=C1CCNC(=O)N1.Nc1[nH]c(=O)ncc1I. The van der Waals surface area contributed by atoms with E-state index in [9.17, 15) is 9.59 Å². The highest BCUT2D eigenvalue weighted by Crippen LogP contribution is 2.05. The number of amidine groups is 1. The van der Waals surface area contributed by atoms with Crippen LogP contribution >= 0.6 is 22.6 Å². The first-order valence-electron chi connectivity index (χ1n) is 4.61. The van der Waals surface area contributed by atoms with Crippen LogP contribution in [-0.4, -0.2) is 28.4 Å². The summed E-state index contributed by atoms with van der Waals surface area (Å²) in [5.41, 5.74) is 4.91. The number of amides is 2. The van der Waals surface area contributed by atoms with Gasteiger partial charge in [-0.05, 0) is 22.6 Å². The number of urea groups is 1. The number of aromatic amines is 1. The van der Waals surface area contributed by atoms with Crippen LogP contribution < -0.4 is 22.1 Å². The van der Waals surface area contributed by atoms with E-state index in [0.717, 1.165) is 3.57 Å². The first-order chi connectivity index (χ1) is 7.99. The van der Waals surface area contributed by atoms with Crippen molar-refractivity contribution in [2.24, 2.45) is 0 Å². The number of rotatable bonds is 0. The maximum absolute atomic E-state index is 10.4. The Kier molecular flexibility index (Phi) is 4.87. The molecule has 0 radical (unpaired) electrons. The summed E-state index contributed by atoms with van der Waals surface area (Å²) in [6, 6.07) is -0.263. The van der Waals surface area contributed by atoms with E-state index in [2.05, 4.69) is 20.6 Å². The van der Waals surface area contributed by atoms with Gasteiger partial charge in [0.15, 0.2) is 0 Å². The van der Waals surface area contributed by atoms with E-state index in [1.165, 1.54) is 6.20 Å². The van der Waals surface area contributed by atoms with Crippen LogP contribution in [0.15, 0.2) is 11.0 Å². The minimum absolute atomic E-state index is 0.263. The van der Waals surface area contributed by atoms with Crippen molar-refractivity contribution in [1.82, 2.24) is 20.6 Å². The molecule has 1 aliphatic rings. The van der Waals surface area contributed by atoms with Gasteiger partial charge in [0.25, 0.3) is 0 Å². The predicted octanol–water partition coefficient (Wildman–Crippen LogP) is -0.377. The molecule has 1 aliphatic heterocycles. The smallest absolute Gasteiger partial charge is 0.346 e. The molecule has 0 unspecified atom stereocenters. The van der Waals surface area contributed by atoms with E-state index in [-0.39, 0.29) is 6.03 Å². The topological polar surface area (TPSA) is 137 Å². The molecule has 2 rings (SSSR count). The zero-order valence-electron chi connectivity index (χ0n) is 8.71. The van der Waals surface area contributed by atoms with Crippen molar-refractivity contribution in [3.05, 3.63) is 20.3 Å². The maximum atomic E-state index is 10.4. The molecule has 1 aromatic rings. The van der Waals surface area contributed by atoms with Gasteiger partial charge in [0.1, 0.15) is 11.7 Å². The average molecular weight is 350 g/mol. The molecule has 0 spiro atoms. The fourth-order valence-corrected chi connectivity index (χ4v) is 1.21. The summed E-state index contributed by atoms with van der Waals surface area (Å²) in [6.45, 7) is 0.588. The minimum Gasteiger partial charge on any atom is -0.384 e. The van der Waals surface area contributed by atoms with Gasteiger partial charge in [0.2, 0.25) is 0 Å². The summed E-state index contributed by atoms with van der Waals surface area (Å²) in [5.74, 6) is 0.671. The van der Waals surface area contributed by atoms with Crippen molar-refractivity contribution < 1.29 is 4.79 Å². The molecule has 0 aliphatic carbocycles. The highest BCUT2D eigenvalue weighted by atomic mass is 127. The van der Waals surface area contributed by atoms with E-state index < -0.39 is 5.69 Å². The summed E-state index contributed by atoms with van der Waals surface area (Å²) >= 11 is 1.98. The van der Waals surface area contributed by atoms with Crippen LogP contribution in [0.4, 0.5) is 10.6 Å². The lowest BCUT2D eigenvalue weighted by Gasteiger charge is -2.13. The van der Waals surface area contributed by atoms with Gasteiger partial charge in [0.05, 0.1) is 3.57 Å².